The Kier molecular flexibility index (Phi) is 3.81. The number of rotatable bonds is 4. The van der Waals surface area contributed by atoms with Crippen LogP contribution in [-0.2, 0) is 0 Å². The third-order valence-corrected chi connectivity index (χ3v) is 2.07. The fourth-order valence-electron chi connectivity index (χ4n) is 1.39. The summed E-state index contributed by atoms with van der Waals surface area (Å²) in [6, 6.07) is 4.06. The Bertz CT molecular complexity index is 274. The van der Waals surface area contributed by atoms with Crippen LogP contribution in [0.1, 0.15) is 25.0 Å². The molecular weight excluding hydrogens is 176 g/mol. The molecule has 1 rings (SSSR count). The first-order valence-electron chi connectivity index (χ1n) is 5.05. The minimum absolute atomic E-state index is 0.703. The first kappa shape index (κ1) is 10.9. The second kappa shape index (κ2) is 4.89. The molecule has 0 bridgehead atoms. The molecule has 0 saturated heterocycles. The molecule has 0 saturated carbocycles. The molecule has 2 nitrogen and oxygen atoms in total. The molecule has 14 heavy (non-hydrogen) atoms. The van der Waals surface area contributed by atoms with Gasteiger partial charge in [0.25, 0.3) is 0 Å². The van der Waals surface area contributed by atoms with E-state index in [4.69, 9.17) is 9.47 Å². The van der Waals surface area contributed by atoms with Gasteiger partial charge in [-0.3, -0.25) is 0 Å². The molecule has 2 heteroatoms. The van der Waals surface area contributed by atoms with E-state index in [1.165, 1.54) is 0 Å². The molecule has 0 aliphatic carbocycles. The average molecular weight is 194 g/mol. The fraction of sp³-hybridized carbons (Fsp3) is 0.500. The van der Waals surface area contributed by atoms with Gasteiger partial charge in [0.15, 0.2) is 0 Å². The minimum atomic E-state index is 0.703. The topological polar surface area (TPSA) is 18.5 Å². The Balaban J connectivity index is 2.97. The van der Waals surface area contributed by atoms with E-state index >= 15 is 0 Å². The number of hydrogen-bond donors (Lipinski definition) is 0. The van der Waals surface area contributed by atoms with Crippen molar-refractivity contribution in [2.75, 3.05) is 13.2 Å². The molecule has 0 heterocycles. The van der Waals surface area contributed by atoms with Crippen molar-refractivity contribution >= 4 is 0 Å². The summed E-state index contributed by atoms with van der Waals surface area (Å²) < 4.78 is 11.0. The highest BCUT2D eigenvalue weighted by atomic mass is 16.5. The average Bonchev–Trinajstić information content (AvgIpc) is 2.14. The monoisotopic (exact) mass is 194 g/mol. The standard InChI is InChI=1S/C12H18O2/c1-5-13-11-7-10(4)12(14-6-2)8-9(11)3/h7-8H,5-6H2,1-4H3. The largest absolute Gasteiger partial charge is 0.494 e. The van der Waals surface area contributed by atoms with Crippen molar-refractivity contribution in [3.8, 4) is 11.5 Å². The number of aryl methyl sites for hydroxylation is 2. The van der Waals surface area contributed by atoms with Crippen LogP contribution in [-0.4, -0.2) is 13.2 Å². The van der Waals surface area contributed by atoms with Crippen molar-refractivity contribution in [3.63, 3.8) is 0 Å². The van der Waals surface area contributed by atoms with Crippen LogP contribution in [0.3, 0.4) is 0 Å². The highest BCUT2D eigenvalue weighted by Crippen LogP contribution is 2.27. The smallest absolute Gasteiger partial charge is 0.122 e. The van der Waals surface area contributed by atoms with E-state index in [0.29, 0.717) is 13.2 Å². The second-order valence-corrected chi connectivity index (χ2v) is 3.25. The molecule has 0 atom stereocenters. The van der Waals surface area contributed by atoms with Gasteiger partial charge in [-0.1, -0.05) is 0 Å². The van der Waals surface area contributed by atoms with E-state index < -0.39 is 0 Å². The summed E-state index contributed by atoms with van der Waals surface area (Å²) in [7, 11) is 0. The lowest BCUT2D eigenvalue weighted by atomic mass is 10.1. The Labute approximate surface area is 85.8 Å². The van der Waals surface area contributed by atoms with Crippen molar-refractivity contribution in [2.24, 2.45) is 0 Å². The number of benzene rings is 1. The predicted molar refractivity (Wildman–Crippen MR) is 58.3 cm³/mol. The summed E-state index contributed by atoms with van der Waals surface area (Å²) in [6.07, 6.45) is 0. The van der Waals surface area contributed by atoms with Gasteiger partial charge in [0.2, 0.25) is 0 Å². The molecule has 0 aromatic heterocycles. The lowest BCUT2D eigenvalue weighted by Crippen LogP contribution is -1.98. The van der Waals surface area contributed by atoms with Crippen molar-refractivity contribution in [2.45, 2.75) is 27.7 Å². The molecule has 0 fully saturated rings. The zero-order valence-electron chi connectivity index (χ0n) is 9.39. The van der Waals surface area contributed by atoms with Gasteiger partial charge in [0.1, 0.15) is 11.5 Å². The quantitative estimate of drug-likeness (QED) is 0.733. The molecule has 0 aliphatic rings. The van der Waals surface area contributed by atoms with E-state index in [1.54, 1.807) is 0 Å². The predicted octanol–water partition coefficient (Wildman–Crippen LogP) is 3.10. The van der Waals surface area contributed by atoms with Gasteiger partial charge in [0, 0.05) is 0 Å². The first-order valence-corrected chi connectivity index (χ1v) is 5.05. The summed E-state index contributed by atoms with van der Waals surface area (Å²) in [6.45, 7) is 9.46. The van der Waals surface area contributed by atoms with Gasteiger partial charge in [-0.15, -0.1) is 0 Å². The van der Waals surface area contributed by atoms with Crippen molar-refractivity contribution in [1.82, 2.24) is 0 Å². The first-order chi connectivity index (χ1) is 6.69. The third-order valence-electron chi connectivity index (χ3n) is 2.07. The molecule has 1 aromatic carbocycles. The number of ether oxygens (including phenoxy) is 2. The molecule has 0 aliphatic heterocycles. The minimum Gasteiger partial charge on any atom is -0.494 e. The van der Waals surface area contributed by atoms with Gasteiger partial charge in [0.05, 0.1) is 13.2 Å². The van der Waals surface area contributed by atoms with Crippen LogP contribution in [0.2, 0.25) is 0 Å². The summed E-state index contributed by atoms with van der Waals surface area (Å²) in [5.41, 5.74) is 2.25. The fourth-order valence-corrected chi connectivity index (χ4v) is 1.39. The van der Waals surface area contributed by atoms with E-state index in [1.807, 2.05) is 39.8 Å². The third kappa shape index (κ3) is 2.41. The highest BCUT2D eigenvalue weighted by Gasteiger charge is 2.05. The SMILES string of the molecule is CCOc1cc(C)c(OCC)cc1C. The molecule has 1 aromatic rings. The van der Waals surface area contributed by atoms with Gasteiger partial charge in [-0.25, -0.2) is 0 Å². The molecule has 0 unspecified atom stereocenters. The normalized spacial score (nSPS) is 10.0. The molecule has 0 radical (unpaired) electrons. The van der Waals surface area contributed by atoms with Crippen LogP contribution < -0.4 is 9.47 Å². The van der Waals surface area contributed by atoms with Crippen molar-refractivity contribution in [1.29, 1.82) is 0 Å². The maximum atomic E-state index is 5.50. The molecule has 0 amide bonds. The van der Waals surface area contributed by atoms with E-state index in [2.05, 4.69) is 0 Å². The van der Waals surface area contributed by atoms with Gasteiger partial charge in [-0.2, -0.15) is 0 Å². The lowest BCUT2D eigenvalue weighted by molar-refractivity contribution is 0.327. The molecule has 0 spiro atoms. The zero-order chi connectivity index (χ0) is 10.6. The second-order valence-electron chi connectivity index (χ2n) is 3.25. The van der Waals surface area contributed by atoms with E-state index in [9.17, 15) is 0 Å². The van der Waals surface area contributed by atoms with Crippen LogP contribution in [0, 0.1) is 13.8 Å². The molecule has 0 N–H and O–H groups in total. The Morgan fingerprint density at radius 3 is 1.50 bits per heavy atom. The maximum absolute atomic E-state index is 5.50. The van der Waals surface area contributed by atoms with Crippen LogP contribution >= 0.6 is 0 Å². The Morgan fingerprint density at radius 1 is 0.857 bits per heavy atom. The Morgan fingerprint density at radius 2 is 1.21 bits per heavy atom. The van der Waals surface area contributed by atoms with E-state index in [-0.39, 0.29) is 0 Å². The van der Waals surface area contributed by atoms with Gasteiger partial charge < -0.3 is 9.47 Å². The molecular formula is C12H18O2. The maximum Gasteiger partial charge on any atom is 0.122 e. The van der Waals surface area contributed by atoms with Crippen LogP contribution in [0.25, 0.3) is 0 Å². The zero-order valence-corrected chi connectivity index (χ0v) is 9.39. The van der Waals surface area contributed by atoms with Gasteiger partial charge >= 0.3 is 0 Å². The Hall–Kier alpha value is -1.18. The summed E-state index contributed by atoms with van der Waals surface area (Å²) in [5.74, 6) is 1.90. The van der Waals surface area contributed by atoms with Crippen molar-refractivity contribution < 1.29 is 9.47 Å². The number of hydrogen-bond acceptors (Lipinski definition) is 2. The summed E-state index contributed by atoms with van der Waals surface area (Å²) >= 11 is 0. The van der Waals surface area contributed by atoms with E-state index in [0.717, 1.165) is 22.6 Å². The van der Waals surface area contributed by atoms with Gasteiger partial charge in [-0.05, 0) is 51.0 Å². The highest BCUT2D eigenvalue weighted by molar-refractivity contribution is 5.45. The van der Waals surface area contributed by atoms with Crippen LogP contribution in [0.5, 0.6) is 11.5 Å². The van der Waals surface area contributed by atoms with Crippen LogP contribution in [0.15, 0.2) is 12.1 Å². The summed E-state index contributed by atoms with van der Waals surface area (Å²) in [5, 5.41) is 0. The lowest BCUT2D eigenvalue weighted by Gasteiger charge is -2.12. The summed E-state index contributed by atoms with van der Waals surface area (Å²) in [4.78, 5) is 0. The molecule has 78 valence electrons. The van der Waals surface area contributed by atoms with Crippen LogP contribution in [0.4, 0.5) is 0 Å². The van der Waals surface area contributed by atoms with Crippen molar-refractivity contribution in [3.05, 3.63) is 23.3 Å².